The highest BCUT2D eigenvalue weighted by atomic mass is 19.1. The third-order valence-electron chi connectivity index (χ3n) is 3.66. The van der Waals surface area contributed by atoms with Gasteiger partial charge in [-0.15, -0.1) is 0 Å². The van der Waals surface area contributed by atoms with Crippen molar-refractivity contribution in [3.63, 3.8) is 0 Å². The molecule has 9 heteroatoms. The number of amides is 2. The largest absolute Gasteiger partial charge is 0.487 e. The molecule has 1 N–H and O–H groups in total. The number of azo groups is 2. The van der Waals surface area contributed by atoms with Gasteiger partial charge in [0.15, 0.2) is 12.7 Å². The van der Waals surface area contributed by atoms with Crippen LogP contribution in [0.2, 0.25) is 0 Å². The van der Waals surface area contributed by atoms with Gasteiger partial charge in [-0.25, -0.2) is 14.2 Å². The first-order chi connectivity index (χ1) is 13.4. The standard InChI is InChI=1S/C19H13FN5O3.H2/c1-25-18(26)5-3-16(24-25)19(27)23-17-4-2-15(10-22-17)28-11-13-6-12(9-21)7-14(20)8-13;/h2-8,10H,11H2,1H3;1H/p+1. The van der Waals surface area contributed by atoms with Crippen molar-refractivity contribution in [3.05, 3.63) is 71.7 Å². The Morgan fingerprint density at radius 2 is 2.21 bits per heavy atom. The molecule has 1 radical (unpaired) electrons. The van der Waals surface area contributed by atoms with E-state index in [9.17, 15) is 14.0 Å². The third kappa shape index (κ3) is 4.62. The molecule has 0 saturated carbocycles. The molecular formula is C19H16FN5O3+. The van der Waals surface area contributed by atoms with Gasteiger partial charge in [0.25, 0.3) is 5.91 Å². The van der Waals surface area contributed by atoms with Gasteiger partial charge in [0.05, 0.1) is 17.8 Å². The molecule has 0 bridgehead atoms. The highest BCUT2D eigenvalue weighted by Crippen LogP contribution is 2.17. The number of nitriles is 1. The molecule has 0 aliphatic carbocycles. The summed E-state index contributed by atoms with van der Waals surface area (Å²) in [5.41, 5.74) is 0.792. The Labute approximate surface area is 161 Å². The SMILES string of the molecule is C[N+]1=NC(C(=O)Nc2ccc(OCc3cc(F)cc(C#N)c3)cn2)=C[CH]C1=O.[HH]. The number of hydrogen-bond acceptors (Lipinski definition) is 6. The fraction of sp³-hybridized carbons (Fsp3) is 0.105. The van der Waals surface area contributed by atoms with Crippen LogP contribution in [0.3, 0.4) is 0 Å². The van der Waals surface area contributed by atoms with Crippen molar-refractivity contribution in [2.75, 3.05) is 12.4 Å². The van der Waals surface area contributed by atoms with E-state index in [0.717, 1.165) is 10.8 Å². The predicted octanol–water partition coefficient (Wildman–Crippen LogP) is 2.58. The van der Waals surface area contributed by atoms with Crippen LogP contribution in [-0.4, -0.2) is 28.5 Å². The Kier molecular flexibility index (Phi) is 5.50. The Balaban J connectivity index is 0.00000300. The fourth-order valence-electron chi connectivity index (χ4n) is 2.31. The van der Waals surface area contributed by atoms with E-state index >= 15 is 0 Å². The quantitative estimate of drug-likeness (QED) is 0.801. The second-order valence-electron chi connectivity index (χ2n) is 5.76. The van der Waals surface area contributed by atoms with E-state index in [4.69, 9.17) is 10.00 Å². The lowest BCUT2D eigenvalue weighted by Gasteiger charge is -2.08. The summed E-state index contributed by atoms with van der Waals surface area (Å²) in [6, 6.07) is 8.95. The number of carbonyl (C=O) groups excluding carboxylic acids is 2. The monoisotopic (exact) mass is 381 g/mol. The molecule has 0 fully saturated rings. The van der Waals surface area contributed by atoms with Crippen LogP contribution in [0, 0.1) is 23.6 Å². The molecule has 1 aromatic heterocycles. The fourth-order valence-corrected chi connectivity index (χ4v) is 2.31. The number of pyridine rings is 1. The van der Waals surface area contributed by atoms with Crippen molar-refractivity contribution >= 4 is 17.6 Å². The lowest BCUT2D eigenvalue weighted by atomic mass is 10.1. The summed E-state index contributed by atoms with van der Waals surface area (Å²) >= 11 is 0. The van der Waals surface area contributed by atoms with Crippen LogP contribution in [0.15, 0.2) is 53.4 Å². The number of aromatic nitrogens is 1. The molecule has 141 valence electrons. The zero-order valence-corrected chi connectivity index (χ0v) is 14.7. The first-order valence-corrected chi connectivity index (χ1v) is 8.09. The van der Waals surface area contributed by atoms with Gasteiger partial charge in [-0.1, -0.05) is 4.70 Å². The second-order valence-corrected chi connectivity index (χ2v) is 5.76. The van der Waals surface area contributed by atoms with Crippen LogP contribution in [0.1, 0.15) is 12.6 Å². The van der Waals surface area contributed by atoms with Crippen molar-refractivity contribution < 1.29 is 24.8 Å². The molecule has 2 amide bonds. The van der Waals surface area contributed by atoms with Crippen molar-refractivity contribution in [2.24, 2.45) is 5.11 Å². The molecule has 2 aromatic rings. The van der Waals surface area contributed by atoms with Gasteiger partial charge in [-0.2, -0.15) is 5.26 Å². The molecule has 0 spiro atoms. The van der Waals surface area contributed by atoms with Gasteiger partial charge < -0.3 is 10.1 Å². The Bertz CT molecular complexity index is 1040. The highest BCUT2D eigenvalue weighted by molar-refractivity contribution is 6.04. The van der Waals surface area contributed by atoms with Gasteiger partial charge in [0.2, 0.25) is 0 Å². The number of hydrogen-bond donors (Lipinski definition) is 1. The molecule has 1 aromatic carbocycles. The van der Waals surface area contributed by atoms with Crippen LogP contribution < -0.4 is 10.1 Å². The van der Waals surface area contributed by atoms with Crippen LogP contribution in [0.5, 0.6) is 5.75 Å². The van der Waals surface area contributed by atoms with Crippen LogP contribution in [0.4, 0.5) is 10.2 Å². The first kappa shape index (κ1) is 18.8. The average Bonchev–Trinajstić information content (AvgIpc) is 2.69. The first-order valence-electron chi connectivity index (χ1n) is 8.09. The van der Waals surface area contributed by atoms with Gasteiger partial charge in [0.1, 0.15) is 30.4 Å². The predicted molar refractivity (Wildman–Crippen MR) is 96.4 cm³/mol. The minimum Gasteiger partial charge on any atom is -0.487 e. The molecule has 0 unspecified atom stereocenters. The van der Waals surface area contributed by atoms with Crippen molar-refractivity contribution in [3.8, 4) is 11.8 Å². The lowest BCUT2D eigenvalue weighted by Crippen LogP contribution is -2.23. The molecule has 8 nitrogen and oxygen atoms in total. The summed E-state index contributed by atoms with van der Waals surface area (Å²) in [4.78, 5) is 27.5. The molecule has 1 aliphatic rings. The summed E-state index contributed by atoms with van der Waals surface area (Å²) in [6.07, 6.45) is 3.97. The van der Waals surface area contributed by atoms with E-state index in [1.807, 2.05) is 6.07 Å². The zero-order chi connectivity index (χ0) is 20.1. The number of halogens is 1. The topological polar surface area (TPSA) is 107 Å². The Morgan fingerprint density at radius 3 is 2.89 bits per heavy atom. The van der Waals surface area contributed by atoms with Crippen LogP contribution >= 0.6 is 0 Å². The average molecular weight is 381 g/mol. The van der Waals surface area contributed by atoms with Crippen LogP contribution in [0.25, 0.3) is 0 Å². The summed E-state index contributed by atoms with van der Waals surface area (Å²) in [5.74, 6) is -0.677. The van der Waals surface area contributed by atoms with E-state index in [1.54, 1.807) is 6.07 Å². The normalized spacial score (nSPS) is 13.2. The van der Waals surface area contributed by atoms with E-state index in [1.165, 1.54) is 43.9 Å². The molecule has 1 aliphatic heterocycles. The van der Waals surface area contributed by atoms with Gasteiger partial charge in [0, 0.05) is 6.54 Å². The number of benzene rings is 1. The maximum absolute atomic E-state index is 13.4. The number of rotatable bonds is 5. The maximum Gasteiger partial charge on any atom is 0.419 e. The minimum absolute atomic E-state index is 0. The lowest BCUT2D eigenvalue weighted by molar-refractivity contribution is -0.480. The molecule has 28 heavy (non-hydrogen) atoms. The van der Waals surface area contributed by atoms with E-state index < -0.39 is 11.7 Å². The molecular weight excluding hydrogens is 365 g/mol. The van der Waals surface area contributed by atoms with E-state index in [-0.39, 0.29) is 31.0 Å². The molecule has 0 atom stereocenters. The summed E-state index contributed by atoms with van der Waals surface area (Å²) < 4.78 is 20.0. The summed E-state index contributed by atoms with van der Waals surface area (Å²) in [5, 5.41) is 15.3. The van der Waals surface area contributed by atoms with Crippen molar-refractivity contribution in [2.45, 2.75) is 6.61 Å². The smallest absolute Gasteiger partial charge is 0.419 e. The van der Waals surface area contributed by atoms with Gasteiger partial charge in [-0.05, 0) is 42.0 Å². The summed E-state index contributed by atoms with van der Waals surface area (Å²) in [7, 11) is 1.45. The second kappa shape index (κ2) is 8.18. The summed E-state index contributed by atoms with van der Waals surface area (Å²) in [6.45, 7) is 0.0573. The van der Waals surface area contributed by atoms with E-state index in [0.29, 0.717) is 11.3 Å². The highest BCUT2D eigenvalue weighted by Gasteiger charge is 2.24. The van der Waals surface area contributed by atoms with Crippen molar-refractivity contribution in [1.82, 2.24) is 4.98 Å². The number of nitrogens with zero attached hydrogens (tertiary/aromatic N) is 4. The zero-order valence-electron chi connectivity index (χ0n) is 14.7. The Morgan fingerprint density at radius 1 is 1.39 bits per heavy atom. The molecule has 3 rings (SSSR count). The maximum atomic E-state index is 13.4. The minimum atomic E-state index is -0.513. The number of carbonyl (C=O) groups is 2. The van der Waals surface area contributed by atoms with Crippen LogP contribution in [-0.2, 0) is 16.2 Å². The Hall–Kier alpha value is -3.93. The third-order valence-corrected chi connectivity index (χ3v) is 3.66. The van der Waals surface area contributed by atoms with Gasteiger partial charge >= 0.3 is 5.91 Å². The number of ether oxygens (including phenoxy) is 1. The number of anilines is 1. The van der Waals surface area contributed by atoms with Gasteiger partial charge in [-0.3, -0.25) is 4.79 Å². The van der Waals surface area contributed by atoms with E-state index in [2.05, 4.69) is 15.4 Å². The molecule has 0 saturated heterocycles. The number of nitrogens with one attached hydrogen (secondary N) is 1. The molecule has 2 heterocycles. The van der Waals surface area contributed by atoms with Crippen molar-refractivity contribution in [1.29, 1.82) is 5.26 Å².